The SMILES string of the molecule is C[C@@H](OC(=O)c1ccccc1NC(=O)c1ccco1)C(=O)Nc1ccc(N(C)C)cc1. The molecular formula is C23H23N3O5. The van der Waals surface area contributed by atoms with Crippen LogP contribution in [-0.4, -0.2) is 38.0 Å². The molecule has 0 aliphatic rings. The predicted octanol–water partition coefficient (Wildman–Crippen LogP) is 3.78. The fraction of sp³-hybridized carbons (Fsp3) is 0.174. The van der Waals surface area contributed by atoms with Crippen molar-refractivity contribution in [2.45, 2.75) is 13.0 Å². The van der Waals surface area contributed by atoms with Gasteiger partial charge in [0.2, 0.25) is 0 Å². The third-order valence-corrected chi connectivity index (χ3v) is 4.44. The zero-order chi connectivity index (χ0) is 22.4. The fourth-order valence-electron chi connectivity index (χ4n) is 2.73. The Hall–Kier alpha value is -4.07. The average molecular weight is 421 g/mol. The monoisotopic (exact) mass is 421 g/mol. The van der Waals surface area contributed by atoms with E-state index in [2.05, 4.69) is 10.6 Å². The molecule has 160 valence electrons. The van der Waals surface area contributed by atoms with Crippen LogP contribution in [0.25, 0.3) is 0 Å². The topological polar surface area (TPSA) is 101 Å². The van der Waals surface area contributed by atoms with Crippen molar-refractivity contribution in [1.82, 2.24) is 0 Å². The van der Waals surface area contributed by atoms with Gasteiger partial charge in [-0.25, -0.2) is 4.79 Å². The third kappa shape index (κ3) is 5.51. The minimum Gasteiger partial charge on any atom is -0.459 e. The number of carbonyl (C=O) groups is 3. The van der Waals surface area contributed by atoms with Crippen LogP contribution in [0, 0.1) is 0 Å². The summed E-state index contributed by atoms with van der Waals surface area (Å²) in [6.07, 6.45) is 0.332. The number of para-hydroxylation sites is 1. The van der Waals surface area contributed by atoms with E-state index in [0.717, 1.165) is 5.69 Å². The number of esters is 1. The zero-order valence-electron chi connectivity index (χ0n) is 17.4. The molecule has 0 aliphatic heterocycles. The van der Waals surface area contributed by atoms with Crippen LogP contribution in [0.15, 0.2) is 71.3 Å². The number of rotatable bonds is 7. The lowest BCUT2D eigenvalue weighted by Crippen LogP contribution is -2.30. The molecule has 3 rings (SSSR count). The van der Waals surface area contributed by atoms with Crippen LogP contribution in [0.2, 0.25) is 0 Å². The standard InChI is InChI=1S/C23H23N3O5/c1-15(21(27)24-16-10-12-17(13-11-16)26(2)3)31-23(29)18-7-4-5-8-19(18)25-22(28)20-9-6-14-30-20/h4-15H,1-3H3,(H,24,27)(H,25,28)/t15-/m1/s1. The first-order chi connectivity index (χ1) is 14.8. The molecule has 8 heteroatoms. The molecule has 2 amide bonds. The normalized spacial score (nSPS) is 11.3. The molecule has 2 N–H and O–H groups in total. The molecule has 0 radical (unpaired) electrons. The average Bonchev–Trinajstić information content (AvgIpc) is 3.29. The van der Waals surface area contributed by atoms with Crippen molar-refractivity contribution >= 4 is 34.8 Å². The summed E-state index contributed by atoms with van der Waals surface area (Å²) in [6.45, 7) is 1.48. The van der Waals surface area contributed by atoms with Crippen molar-refractivity contribution in [1.29, 1.82) is 0 Å². The minimum atomic E-state index is -1.05. The van der Waals surface area contributed by atoms with Gasteiger partial charge in [0, 0.05) is 25.5 Å². The van der Waals surface area contributed by atoms with Gasteiger partial charge >= 0.3 is 5.97 Å². The number of ether oxygens (including phenoxy) is 1. The van der Waals surface area contributed by atoms with Crippen LogP contribution in [0.3, 0.4) is 0 Å². The summed E-state index contributed by atoms with van der Waals surface area (Å²) in [5.41, 5.74) is 1.95. The van der Waals surface area contributed by atoms with Crippen molar-refractivity contribution in [3.63, 3.8) is 0 Å². The lowest BCUT2D eigenvalue weighted by Gasteiger charge is -2.16. The van der Waals surface area contributed by atoms with Crippen molar-refractivity contribution in [3.05, 3.63) is 78.3 Å². The molecule has 3 aromatic rings. The molecule has 0 spiro atoms. The Labute approximate surface area is 179 Å². The summed E-state index contributed by atoms with van der Waals surface area (Å²) in [7, 11) is 3.84. The highest BCUT2D eigenvalue weighted by Crippen LogP contribution is 2.19. The first kappa shape index (κ1) is 21.6. The summed E-state index contributed by atoms with van der Waals surface area (Å²) in [6, 6.07) is 16.7. The first-order valence-corrected chi connectivity index (χ1v) is 9.58. The van der Waals surface area contributed by atoms with E-state index >= 15 is 0 Å². The number of hydrogen-bond donors (Lipinski definition) is 2. The highest BCUT2D eigenvalue weighted by atomic mass is 16.5. The molecule has 0 fully saturated rings. The molecule has 1 atom stereocenters. The summed E-state index contributed by atoms with van der Waals surface area (Å²) >= 11 is 0. The van der Waals surface area contributed by atoms with Gasteiger partial charge < -0.3 is 24.7 Å². The molecule has 0 unspecified atom stereocenters. The Morgan fingerprint density at radius 1 is 0.935 bits per heavy atom. The summed E-state index contributed by atoms with van der Waals surface area (Å²) in [5.74, 6) is -1.60. The number of furan rings is 1. The lowest BCUT2D eigenvalue weighted by atomic mass is 10.1. The van der Waals surface area contributed by atoms with Gasteiger partial charge in [0.05, 0.1) is 17.5 Å². The second-order valence-corrected chi connectivity index (χ2v) is 6.96. The van der Waals surface area contributed by atoms with E-state index in [4.69, 9.17) is 9.15 Å². The van der Waals surface area contributed by atoms with E-state index in [1.165, 1.54) is 25.3 Å². The van der Waals surface area contributed by atoms with Crippen molar-refractivity contribution < 1.29 is 23.5 Å². The van der Waals surface area contributed by atoms with Gasteiger partial charge in [0.25, 0.3) is 11.8 Å². The van der Waals surface area contributed by atoms with Gasteiger partial charge in [-0.1, -0.05) is 12.1 Å². The van der Waals surface area contributed by atoms with E-state index in [-0.39, 0.29) is 17.0 Å². The number of nitrogens with one attached hydrogen (secondary N) is 2. The summed E-state index contributed by atoms with van der Waals surface area (Å²) in [4.78, 5) is 39.2. The Bertz CT molecular complexity index is 1060. The maximum absolute atomic E-state index is 12.6. The quantitative estimate of drug-likeness (QED) is 0.563. The number of carbonyl (C=O) groups excluding carboxylic acids is 3. The number of hydrogen-bond acceptors (Lipinski definition) is 6. The van der Waals surface area contributed by atoms with E-state index in [1.54, 1.807) is 36.4 Å². The molecule has 0 aliphatic carbocycles. The Kier molecular flexibility index (Phi) is 6.71. The molecule has 0 bridgehead atoms. The molecule has 2 aromatic carbocycles. The van der Waals surface area contributed by atoms with Gasteiger partial charge in [-0.2, -0.15) is 0 Å². The molecular weight excluding hydrogens is 398 g/mol. The fourth-order valence-corrected chi connectivity index (χ4v) is 2.73. The molecule has 31 heavy (non-hydrogen) atoms. The van der Waals surface area contributed by atoms with Crippen molar-refractivity contribution in [2.24, 2.45) is 0 Å². The Morgan fingerprint density at radius 3 is 2.29 bits per heavy atom. The van der Waals surface area contributed by atoms with E-state index < -0.39 is 23.9 Å². The second-order valence-electron chi connectivity index (χ2n) is 6.96. The van der Waals surface area contributed by atoms with E-state index in [1.807, 2.05) is 31.1 Å². The number of benzene rings is 2. The van der Waals surface area contributed by atoms with Crippen LogP contribution in [0.5, 0.6) is 0 Å². The van der Waals surface area contributed by atoms with Crippen LogP contribution in [-0.2, 0) is 9.53 Å². The van der Waals surface area contributed by atoms with Crippen LogP contribution in [0.1, 0.15) is 27.8 Å². The van der Waals surface area contributed by atoms with Gasteiger partial charge in [-0.15, -0.1) is 0 Å². The van der Waals surface area contributed by atoms with Crippen LogP contribution >= 0.6 is 0 Å². The second kappa shape index (κ2) is 9.62. The Morgan fingerprint density at radius 2 is 1.65 bits per heavy atom. The van der Waals surface area contributed by atoms with E-state index in [9.17, 15) is 14.4 Å². The molecule has 0 saturated carbocycles. The third-order valence-electron chi connectivity index (χ3n) is 4.44. The van der Waals surface area contributed by atoms with Crippen LogP contribution in [0.4, 0.5) is 17.1 Å². The van der Waals surface area contributed by atoms with Gasteiger partial charge in [-0.3, -0.25) is 9.59 Å². The predicted molar refractivity (Wildman–Crippen MR) is 117 cm³/mol. The Balaban J connectivity index is 1.64. The molecule has 1 heterocycles. The smallest absolute Gasteiger partial charge is 0.341 e. The largest absolute Gasteiger partial charge is 0.459 e. The highest BCUT2D eigenvalue weighted by Gasteiger charge is 2.22. The van der Waals surface area contributed by atoms with Gasteiger partial charge in [-0.05, 0) is 55.5 Å². The maximum atomic E-state index is 12.6. The van der Waals surface area contributed by atoms with Crippen molar-refractivity contribution in [3.8, 4) is 0 Å². The minimum absolute atomic E-state index is 0.108. The maximum Gasteiger partial charge on any atom is 0.341 e. The van der Waals surface area contributed by atoms with E-state index in [0.29, 0.717) is 5.69 Å². The lowest BCUT2D eigenvalue weighted by molar-refractivity contribution is -0.123. The van der Waals surface area contributed by atoms with Crippen LogP contribution < -0.4 is 15.5 Å². The summed E-state index contributed by atoms with van der Waals surface area (Å²) < 4.78 is 10.4. The zero-order valence-corrected chi connectivity index (χ0v) is 17.4. The number of amides is 2. The number of anilines is 3. The van der Waals surface area contributed by atoms with Gasteiger partial charge in [0.15, 0.2) is 11.9 Å². The molecule has 8 nitrogen and oxygen atoms in total. The first-order valence-electron chi connectivity index (χ1n) is 9.58. The molecule has 0 saturated heterocycles. The van der Waals surface area contributed by atoms with Gasteiger partial charge in [0.1, 0.15) is 0 Å². The summed E-state index contributed by atoms with van der Waals surface area (Å²) in [5, 5.41) is 5.33. The molecule has 1 aromatic heterocycles. The van der Waals surface area contributed by atoms with Crippen molar-refractivity contribution in [2.75, 3.05) is 29.6 Å². The highest BCUT2D eigenvalue weighted by molar-refractivity contribution is 6.07. The number of nitrogens with zero attached hydrogens (tertiary/aromatic N) is 1.